The van der Waals surface area contributed by atoms with Crippen molar-refractivity contribution in [1.82, 2.24) is 15.5 Å². The molecule has 0 fully saturated rings. The first-order chi connectivity index (χ1) is 7.79. The van der Waals surface area contributed by atoms with Gasteiger partial charge in [0.05, 0.1) is 0 Å². The van der Waals surface area contributed by atoms with E-state index in [0.717, 1.165) is 18.7 Å². The first kappa shape index (κ1) is 11.4. The van der Waals surface area contributed by atoms with E-state index in [1.807, 2.05) is 17.4 Å². The van der Waals surface area contributed by atoms with E-state index in [2.05, 4.69) is 41.5 Å². The lowest BCUT2D eigenvalue weighted by Crippen LogP contribution is -2.17. The van der Waals surface area contributed by atoms with Gasteiger partial charge in [0, 0.05) is 34.2 Å². The van der Waals surface area contributed by atoms with Gasteiger partial charge >= 0.3 is 0 Å². The van der Waals surface area contributed by atoms with Crippen LogP contribution in [0.4, 0.5) is 0 Å². The predicted molar refractivity (Wildman–Crippen MR) is 67.5 cm³/mol. The van der Waals surface area contributed by atoms with Crippen molar-refractivity contribution < 1.29 is 0 Å². The van der Waals surface area contributed by atoms with Crippen LogP contribution in [0.3, 0.4) is 0 Å². The average Bonchev–Trinajstić information content (AvgIpc) is 2.96. The van der Waals surface area contributed by atoms with E-state index in [0.29, 0.717) is 6.04 Å². The fourth-order valence-electron chi connectivity index (χ4n) is 1.56. The van der Waals surface area contributed by atoms with E-state index in [4.69, 9.17) is 0 Å². The lowest BCUT2D eigenvalue weighted by atomic mass is 10.2. The number of H-pyrrole nitrogens is 1. The standard InChI is InChI=1S/C12H17N3S/c1-3-11-4-5-12(16-11)9(2)13-8-10-6-7-14-15-10/h4-7,9,13H,3,8H2,1-2H3,(H,14,15). The molecule has 0 aliphatic carbocycles. The molecule has 2 aromatic rings. The number of hydrogen-bond acceptors (Lipinski definition) is 3. The summed E-state index contributed by atoms with van der Waals surface area (Å²) in [5, 5.41) is 10.4. The van der Waals surface area contributed by atoms with Crippen LogP contribution in [0.5, 0.6) is 0 Å². The van der Waals surface area contributed by atoms with E-state index in [1.165, 1.54) is 9.75 Å². The number of nitrogens with one attached hydrogen (secondary N) is 2. The summed E-state index contributed by atoms with van der Waals surface area (Å²) in [6.07, 6.45) is 2.90. The van der Waals surface area contributed by atoms with Gasteiger partial charge in [-0.3, -0.25) is 5.10 Å². The highest BCUT2D eigenvalue weighted by atomic mass is 32.1. The third kappa shape index (κ3) is 2.71. The Kier molecular flexibility index (Phi) is 3.74. The molecular formula is C12H17N3S. The maximum Gasteiger partial charge on any atom is 0.0490 e. The van der Waals surface area contributed by atoms with Crippen molar-refractivity contribution in [3.05, 3.63) is 39.8 Å². The van der Waals surface area contributed by atoms with Gasteiger partial charge in [0.25, 0.3) is 0 Å². The number of aryl methyl sites for hydroxylation is 1. The van der Waals surface area contributed by atoms with Gasteiger partial charge in [-0.15, -0.1) is 11.3 Å². The molecule has 1 unspecified atom stereocenters. The molecule has 0 amide bonds. The second-order valence-corrected chi connectivity index (χ2v) is 5.04. The van der Waals surface area contributed by atoms with E-state index < -0.39 is 0 Å². The van der Waals surface area contributed by atoms with Gasteiger partial charge < -0.3 is 5.32 Å². The van der Waals surface area contributed by atoms with Crippen LogP contribution in [0.2, 0.25) is 0 Å². The van der Waals surface area contributed by atoms with Gasteiger partial charge in [0.2, 0.25) is 0 Å². The average molecular weight is 235 g/mol. The summed E-state index contributed by atoms with van der Waals surface area (Å²) in [5.74, 6) is 0. The molecule has 0 saturated carbocycles. The first-order valence-electron chi connectivity index (χ1n) is 5.60. The molecule has 2 heterocycles. The van der Waals surface area contributed by atoms with Crippen molar-refractivity contribution in [1.29, 1.82) is 0 Å². The molecule has 16 heavy (non-hydrogen) atoms. The maximum atomic E-state index is 3.93. The monoisotopic (exact) mass is 235 g/mol. The van der Waals surface area contributed by atoms with Gasteiger partial charge in [0.15, 0.2) is 0 Å². The number of rotatable bonds is 5. The fraction of sp³-hybridized carbons (Fsp3) is 0.417. The number of aromatic nitrogens is 2. The molecule has 0 bridgehead atoms. The zero-order chi connectivity index (χ0) is 11.4. The van der Waals surface area contributed by atoms with Crippen LogP contribution >= 0.6 is 11.3 Å². The Hall–Kier alpha value is -1.13. The molecule has 0 saturated heterocycles. The molecule has 2 rings (SSSR count). The first-order valence-corrected chi connectivity index (χ1v) is 6.41. The fourth-order valence-corrected chi connectivity index (χ4v) is 2.54. The molecule has 0 aliphatic heterocycles. The Labute approximate surface area is 99.9 Å². The summed E-state index contributed by atoms with van der Waals surface area (Å²) < 4.78 is 0. The molecule has 86 valence electrons. The molecular weight excluding hydrogens is 218 g/mol. The smallest absolute Gasteiger partial charge is 0.0490 e. The quantitative estimate of drug-likeness (QED) is 0.836. The third-order valence-electron chi connectivity index (χ3n) is 2.61. The van der Waals surface area contributed by atoms with Crippen molar-refractivity contribution in [2.75, 3.05) is 0 Å². The highest BCUT2D eigenvalue weighted by Crippen LogP contribution is 2.23. The molecule has 2 aromatic heterocycles. The summed E-state index contributed by atoms with van der Waals surface area (Å²) in [6.45, 7) is 5.22. The Morgan fingerprint density at radius 3 is 2.94 bits per heavy atom. The number of hydrogen-bond donors (Lipinski definition) is 2. The van der Waals surface area contributed by atoms with Crippen LogP contribution in [-0.4, -0.2) is 10.2 Å². The summed E-state index contributed by atoms with van der Waals surface area (Å²) in [6, 6.07) is 6.82. The number of aromatic amines is 1. The third-order valence-corrected chi connectivity index (χ3v) is 4.03. The van der Waals surface area contributed by atoms with E-state index >= 15 is 0 Å². The molecule has 0 aliphatic rings. The Bertz CT molecular complexity index is 419. The summed E-state index contributed by atoms with van der Waals surface area (Å²) in [5.41, 5.74) is 1.12. The molecule has 0 spiro atoms. The maximum absolute atomic E-state index is 3.93. The summed E-state index contributed by atoms with van der Waals surface area (Å²) >= 11 is 1.89. The van der Waals surface area contributed by atoms with Crippen molar-refractivity contribution in [2.24, 2.45) is 0 Å². The van der Waals surface area contributed by atoms with Crippen LogP contribution in [-0.2, 0) is 13.0 Å². The second-order valence-electron chi connectivity index (χ2n) is 3.84. The van der Waals surface area contributed by atoms with Gasteiger partial charge in [-0.2, -0.15) is 5.10 Å². The van der Waals surface area contributed by atoms with E-state index in [1.54, 1.807) is 6.20 Å². The lowest BCUT2D eigenvalue weighted by Gasteiger charge is -2.10. The Morgan fingerprint density at radius 1 is 1.44 bits per heavy atom. The van der Waals surface area contributed by atoms with Gasteiger partial charge in [-0.25, -0.2) is 0 Å². The van der Waals surface area contributed by atoms with Crippen molar-refractivity contribution >= 4 is 11.3 Å². The lowest BCUT2D eigenvalue weighted by molar-refractivity contribution is 0.575. The molecule has 4 heteroatoms. The topological polar surface area (TPSA) is 40.7 Å². The van der Waals surface area contributed by atoms with Crippen LogP contribution in [0.15, 0.2) is 24.4 Å². The molecule has 3 nitrogen and oxygen atoms in total. The Balaban J connectivity index is 1.90. The second kappa shape index (κ2) is 5.27. The largest absolute Gasteiger partial charge is 0.304 e. The zero-order valence-electron chi connectivity index (χ0n) is 9.66. The predicted octanol–water partition coefficient (Wildman–Crippen LogP) is 2.88. The van der Waals surface area contributed by atoms with Gasteiger partial charge in [-0.1, -0.05) is 6.92 Å². The minimum Gasteiger partial charge on any atom is -0.304 e. The Morgan fingerprint density at radius 2 is 2.31 bits per heavy atom. The van der Waals surface area contributed by atoms with Crippen LogP contribution < -0.4 is 5.32 Å². The van der Waals surface area contributed by atoms with Gasteiger partial charge in [0.1, 0.15) is 0 Å². The van der Waals surface area contributed by atoms with Crippen molar-refractivity contribution in [2.45, 2.75) is 32.9 Å². The van der Waals surface area contributed by atoms with Gasteiger partial charge in [-0.05, 0) is 31.5 Å². The van der Waals surface area contributed by atoms with E-state index in [-0.39, 0.29) is 0 Å². The molecule has 0 aromatic carbocycles. The van der Waals surface area contributed by atoms with Crippen LogP contribution in [0, 0.1) is 0 Å². The molecule has 1 atom stereocenters. The van der Waals surface area contributed by atoms with E-state index in [9.17, 15) is 0 Å². The van der Waals surface area contributed by atoms with Crippen molar-refractivity contribution in [3.63, 3.8) is 0 Å². The highest BCUT2D eigenvalue weighted by Gasteiger charge is 2.07. The van der Waals surface area contributed by atoms with Crippen molar-refractivity contribution in [3.8, 4) is 0 Å². The number of thiophene rings is 1. The molecule has 2 N–H and O–H groups in total. The minimum absolute atomic E-state index is 0.397. The minimum atomic E-state index is 0.397. The molecule has 0 radical (unpaired) electrons. The summed E-state index contributed by atoms with van der Waals surface area (Å²) in [7, 11) is 0. The SMILES string of the molecule is CCc1ccc(C(C)NCc2ccn[nH]2)s1. The summed E-state index contributed by atoms with van der Waals surface area (Å²) in [4.78, 5) is 2.85. The van der Waals surface area contributed by atoms with Crippen LogP contribution in [0.1, 0.15) is 35.3 Å². The normalized spacial score (nSPS) is 12.9. The highest BCUT2D eigenvalue weighted by molar-refractivity contribution is 7.12. The zero-order valence-corrected chi connectivity index (χ0v) is 10.5. The van der Waals surface area contributed by atoms with Crippen LogP contribution in [0.25, 0.3) is 0 Å². The number of nitrogens with zero attached hydrogens (tertiary/aromatic N) is 1.